The predicted molar refractivity (Wildman–Crippen MR) is 56.0 cm³/mol. The number of alkyl halides is 3. The van der Waals surface area contributed by atoms with Crippen LogP contribution in [-0.4, -0.2) is 43.3 Å². The molecule has 0 aromatic heterocycles. The summed E-state index contributed by atoms with van der Waals surface area (Å²) in [7, 11) is 2.41. The highest BCUT2D eigenvalue weighted by atomic mass is 19.4. The smallest absolute Gasteiger partial charge is 0.430 e. The Hall–Kier alpha value is -0.780. The zero-order chi connectivity index (χ0) is 13.5. The van der Waals surface area contributed by atoms with E-state index in [-0.39, 0.29) is 0 Å². The first kappa shape index (κ1) is 16.2. The lowest BCUT2D eigenvalue weighted by atomic mass is 10.1. The average Bonchev–Trinajstić information content (AvgIpc) is 2.18. The first-order valence-corrected chi connectivity index (χ1v) is 5.83. The molecular weight excluding hydrogens is 235 g/mol. The van der Waals surface area contributed by atoms with Crippen LogP contribution in [0.25, 0.3) is 0 Å². The highest BCUT2D eigenvalue weighted by Crippen LogP contribution is 2.16. The molecule has 1 saturated heterocycles. The van der Waals surface area contributed by atoms with Crippen LogP contribution in [0, 0.1) is 0 Å². The number of halogens is 3. The van der Waals surface area contributed by atoms with Gasteiger partial charge in [-0.15, -0.1) is 0 Å². The van der Waals surface area contributed by atoms with Crippen molar-refractivity contribution < 1.29 is 27.6 Å². The van der Waals surface area contributed by atoms with Gasteiger partial charge in [0.05, 0.1) is 26.7 Å². The Morgan fingerprint density at radius 1 is 1.24 bits per heavy atom. The molecule has 0 N–H and O–H groups in total. The fourth-order valence-electron chi connectivity index (χ4n) is 2.04. The van der Waals surface area contributed by atoms with Crippen molar-refractivity contribution in [2.24, 2.45) is 0 Å². The van der Waals surface area contributed by atoms with Crippen LogP contribution in [0.15, 0.2) is 0 Å². The number of carboxylic acid groups (broad SMARTS) is 1. The topological polar surface area (TPSA) is 40.1 Å². The Morgan fingerprint density at radius 3 is 1.94 bits per heavy atom. The molecule has 1 aliphatic heterocycles. The minimum Gasteiger partial charge on any atom is -0.542 e. The van der Waals surface area contributed by atoms with Crippen molar-refractivity contribution in [1.82, 2.24) is 0 Å². The van der Waals surface area contributed by atoms with Crippen LogP contribution in [0.4, 0.5) is 13.2 Å². The molecule has 0 aliphatic carbocycles. The van der Waals surface area contributed by atoms with Crippen LogP contribution in [-0.2, 0) is 4.79 Å². The maximum absolute atomic E-state index is 10.5. The van der Waals surface area contributed by atoms with E-state index in [2.05, 4.69) is 14.0 Å². The van der Waals surface area contributed by atoms with E-state index in [1.165, 1.54) is 49.8 Å². The van der Waals surface area contributed by atoms with Gasteiger partial charge in [0.1, 0.15) is 5.97 Å². The quantitative estimate of drug-likeness (QED) is 0.698. The van der Waals surface area contributed by atoms with E-state index in [0.29, 0.717) is 0 Å². The van der Waals surface area contributed by atoms with Gasteiger partial charge in [-0.2, -0.15) is 13.2 Å². The summed E-state index contributed by atoms with van der Waals surface area (Å²) in [6.07, 6.45) is 0.529. The van der Waals surface area contributed by atoms with Crippen molar-refractivity contribution >= 4 is 5.97 Å². The maximum atomic E-state index is 10.5. The molecule has 0 aromatic rings. The van der Waals surface area contributed by atoms with E-state index < -0.39 is 12.1 Å². The predicted octanol–water partition coefficient (Wildman–Crippen LogP) is 1.33. The van der Waals surface area contributed by atoms with Gasteiger partial charge in [0.2, 0.25) is 0 Å². The molecular formula is C11H20F3NO2. The normalized spacial score (nSPS) is 19.1. The number of nitrogens with zero attached hydrogens (tertiary/aromatic N) is 1. The van der Waals surface area contributed by atoms with Crippen LogP contribution < -0.4 is 5.11 Å². The molecule has 1 rings (SSSR count). The lowest BCUT2D eigenvalue weighted by Crippen LogP contribution is -2.48. The lowest BCUT2D eigenvalue weighted by Gasteiger charge is -2.37. The molecule has 0 unspecified atom stereocenters. The van der Waals surface area contributed by atoms with E-state index in [0.717, 1.165) is 0 Å². The van der Waals surface area contributed by atoms with Gasteiger partial charge >= 0.3 is 6.18 Å². The number of carbonyl (C=O) groups is 1. The average molecular weight is 255 g/mol. The minimum atomic E-state index is -5.19. The van der Waals surface area contributed by atoms with Crippen molar-refractivity contribution in [3.05, 3.63) is 0 Å². The Morgan fingerprint density at radius 2 is 1.65 bits per heavy atom. The van der Waals surface area contributed by atoms with E-state index in [4.69, 9.17) is 9.90 Å². The third kappa shape index (κ3) is 7.20. The Balaban J connectivity index is 0.000000325. The van der Waals surface area contributed by atoms with E-state index >= 15 is 0 Å². The molecule has 0 amide bonds. The van der Waals surface area contributed by atoms with Crippen molar-refractivity contribution in [3.8, 4) is 0 Å². The Bertz CT molecular complexity index is 230. The van der Waals surface area contributed by atoms with Crippen LogP contribution in [0.5, 0.6) is 0 Å². The largest absolute Gasteiger partial charge is 0.542 e. The van der Waals surface area contributed by atoms with Crippen LogP contribution in [0.2, 0.25) is 0 Å². The number of carbonyl (C=O) groups excluding carboxylic acids is 1. The number of rotatable bonds is 2. The van der Waals surface area contributed by atoms with Gasteiger partial charge < -0.3 is 14.4 Å². The molecule has 1 fully saturated rings. The minimum absolute atomic E-state index is 1.34. The first-order chi connectivity index (χ1) is 7.71. The van der Waals surface area contributed by atoms with E-state index in [1.54, 1.807) is 0 Å². The van der Waals surface area contributed by atoms with Crippen LogP contribution >= 0.6 is 0 Å². The number of carboxylic acids is 1. The molecule has 102 valence electrons. The van der Waals surface area contributed by atoms with Crippen molar-refractivity contribution in [1.29, 1.82) is 0 Å². The van der Waals surface area contributed by atoms with Crippen molar-refractivity contribution in [3.63, 3.8) is 0 Å². The highest BCUT2D eigenvalue weighted by Gasteiger charge is 2.28. The number of piperidine rings is 1. The second-order valence-electron chi connectivity index (χ2n) is 4.64. The third-order valence-electron chi connectivity index (χ3n) is 2.89. The standard InChI is InChI=1S/C9H20N.C2HF3O2/c1-3-7-10(2)8-5-4-6-9-10;3-2(4,5)1(6)7/h3-9H2,1-2H3;(H,6,7)/q+1;/p-1. The number of quaternary nitrogens is 1. The number of hydrogen-bond acceptors (Lipinski definition) is 2. The van der Waals surface area contributed by atoms with Crippen LogP contribution in [0.3, 0.4) is 0 Å². The summed E-state index contributed by atoms with van der Waals surface area (Å²) >= 11 is 0. The molecule has 17 heavy (non-hydrogen) atoms. The van der Waals surface area contributed by atoms with Crippen molar-refractivity contribution in [2.45, 2.75) is 38.8 Å². The highest BCUT2D eigenvalue weighted by molar-refractivity contribution is 5.70. The second kappa shape index (κ2) is 6.83. The summed E-state index contributed by atoms with van der Waals surface area (Å²) in [6, 6.07) is 0. The SMILES string of the molecule is CCC[N+]1(C)CCCCC1.O=C([O-])C(F)(F)F. The van der Waals surface area contributed by atoms with Crippen molar-refractivity contribution in [2.75, 3.05) is 26.7 Å². The fourth-order valence-corrected chi connectivity index (χ4v) is 2.04. The summed E-state index contributed by atoms with van der Waals surface area (Å²) in [5, 5.41) is 8.78. The molecule has 0 spiro atoms. The zero-order valence-corrected chi connectivity index (χ0v) is 10.3. The van der Waals surface area contributed by atoms with Gasteiger partial charge in [-0.25, -0.2) is 0 Å². The summed E-state index contributed by atoms with van der Waals surface area (Å²) in [6.45, 7) is 6.53. The molecule has 1 aliphatic rings. The molecule has 0 aromatic carbocycles. The maximum Gasteiger partial charge on any atom is 0.430 e. The molecule has 0 atom stereocenters. The summed E-state index contributed by atoms with van der Waals surface area (Å²) in [5.74, 6) is -3.01. The number of hydrogen-bond donors (Lipinski definition) is 0. The molecule has 0 bridgehead atoms. The summed E-state index contributed by atoms with van der Waals surface area (Å²) in [4.78, 5) is 8.78. The van der Waals surface area contributed by atoms with Gasteiger partial charge in [0.15, 0.2) is 0 Å². The third-order valence-corrected chi connectivity index (χ3v) is 2.89. The monoisotopic (exact) mass is 255 g/mol. The number of aliphatic carboxylic acids is 1. The molecule has 0 radical (unpaired) electrons. The first-order valence-electron chi connectivity index (χ1n) is 5.83. The van der Waals surface area contributed by atoms with E-state index in [1.807, 2.05) is 0 Å². The molecule has 6 heteroatoms. The van der Waals surface area contributed by atoms with E-state index in [9.17, 15) is 13.2 Å². The molecule has 3 nitrogen and oxygen atoms in total. The van der Waals surface area contributed by atoms with Gasteiger partial charge in [-0.3, -0.25) is 0 Å². The Labute approximate surface area is 99.8 Å². The Kier molecular flexibility index (Phi) is 6.52. The summed E-state index contributed by atoms with van der Waals surface area (Å²) in [5.41, 5.74) is 0. The van der Waals surface area contributed by atoms with Gasteiger partial charge in [0.25, 0.3) is 0 Å². The lowest BCUT2D eigenvalue weighted by molar-refractivity contribution is -0.914. The second-order valence-corrected chi connectivity index (χ2v) is 4.64. The summed E-state index contributed by atoms with van der Waals surface area (Å²) < 4.78 is 32.9. The molecule has 1 heterocycles. The fraction of sp³-hybridized carbons (Fsp3) is 0.909. The van der Waals surface area contributed by atoms with Gasteiger partial charge in [0, 0.05) is 0 Å². The van der Waals surface area contributed by atoms with Gasteiger partial charge in [-0.05, 0) is 25.7 Å². The zero-order valence-electron chi connectivity index (χ0n) is 10.3. The number of likely N-dealkylation sites (tertiary alicyclic amines) is 1. The van der Waals surface area contributed by atoms with Crippen LogP contribution in [0.1, 0.15) is 32.6 Å². The van der Waals surface area contributed by atoms with Gasteiger partial charge in [-0.1, -0.05) is 6.92 Å². The molecule has 0 saturated carbocycles.